The molecule has 0 spiro atoms. The summed E-state index contributed by atoms with van der Waals surface area (Å²) >= 11 is 1.62. The second-order valence-corrected chi connectivity index (χ2v) is 5.73. The normalized spacial score (nSPS) is 10.7. The van der Waals surface area contributed by atoms with E-state index in [1.54, 1.807) is 17.4 Å². The molecule has 23 heavy (non-hydrogen) atoms. The highest BCUT2D eigenvalue weighted by Gasteiger charge is 2.05. The van der Waals surface area contributed by atoms with Gasteiger partial charge in [-0.3, -0.25) is 4.79 Å². The number of rotatable bonds is 8. The van der Waals surface area contributed by atoms with Crippen molar-refractivity contribution in [3.63, 3.8) is 0 Å². The number of amides is 1. The Bertz CT molecular complexity index is 650. The van der Waals surface area contributed by atoms with Crippen LogP contribution in [0.1, 0.15) is 24.3 Å². The topological polar surface area (TPSA) is 47.6 Å². The number of hydrogen-bond acceptors (Lipinski definition) is 4. The zero-order chi connectivity index (χ0) is 16.5. The predicted octanol–water partition coefficient (Wildman–Crippen LogP) is 3.88. The van der Waals surface area contributed by atoms with Crippen LogP contribution in [0.4, 0.5) is 0 Å². The van der Waals surface area contributed by atoms with Crippen LogP contribution < -0.4 is 14.8 Å². The van der Waals surface area contributed by atoms with E-state index < -0.39 is 0 Å². The van der Waals surface area contributed by atoms with Crippen molar-refractivity contribution in [2.45, 2.75) is 20.4 Å². The Labute approximate surface area is 140 Å². The predicted molar refractivity (Wildman–Crippen MR) is 94.0 cm³/mol. The Morgan fingerprint density at radius 1 is 1.17 bits per heavy atom. The maximum absolute atomic E-state index is 11.8. The van der Waals surface area contributed by atoms with E-state index in [9.17, 15) is 4.79 Å². The van der Waals surface area contributed by atoms with E-state index in [1.165, 1.54) is 6.08 Å². The summed E-state index contributed by atoms with van der Waals surface area (Å²) in [5.41, 5.74) is 0.892. The van der Waals surface area contributed by atoms with Crippen LogP contribution in [0.25, 0.3) is 6.08 Å². The van der Waals surface area contributed by atoms with Crippen LogP contribution in [-0.2, 0) is 11.3 Å². The van der Waals surface area contributed by atoms with Crippen molar-refractivity contribution in [3.8, 4) is 11.5 Å². The lowest BCUT2D eigenvalue weighted by Gasteiger charge is -2.11. The van der Waals surface area contributed by atoms with E-state index in [1.807, 2.05) is 49.6 Å². The van der Waals surface area contributed by atoms with Gasteiger partial charge in [0.2, 0.25) is 5.91 Å². The summed E-state index contributed by atoms with van der Waals surface area (Å²) in [5.74, 6) is 1.29. The first-order chi connectivity index (χ1) is 11.2. The van der Waals surface area contributed by atoms with Crippen LogP contribution in [0, 0.1) is 0 Å². The molecule has 1 N–H and O–H groups in total. The second-order valence-electron chi connectivity index (χ2n) is 4.70. The Balaban J connectivity index is 1.97. The third-order valence-corrected chi connectivity index (χ3v) is 3.89. The number of thiophene rings is 1. The number of nitrogens with one attached hydrogen (secondary N) is 1. The van der Waals surface area contributed by atoms with Crippen molar-refractivity contribution < 1.29 is 14.3 Å². The second kappa shape index (κ2) is 9.00. The molecule has 0 saturated heterocycles. The zero-order valence-electron chi connectivity index (χ0n) is 13.4. The molecule has 0 unspecified atom stereocenters. The highest BCUT2D eigenvalue weighted by Crippen LogP contribution is 2.28. The average Bonchev–Trinajstić information content (AvgIpc) is 3.07. The summed E-state index contributed by atoms with van der Waals surface area (Å²) in [5, 5.41) is 4.85. The highest BCUT2D eigenvalue weighted by atomic mass is 32.1. The fourth-order valence-electron chi connectivity index (χ4n) is 1.99. The third kappa shape index (κ3) is 5.45. The van der Waals surface area contributed by atoms with E-state index in [2.05, 4.69) is 5.32 Å². The molecule has 122 valence electrons. The number of ether oxygens (including phenoxy) is 2. The summed E-state index contributed by atoms with van der Waals surface area (Å²) in [7, 11) is 0. The van der Waals surface area contributed by atoms with Gasteiger partial charge in [-0.2, -0.15) is 0 Å². The summed E-state index contributed by atoms with van der Waals surface area (Å²) in [6.07, 6.45) is 3.29. The first-order valence-electron chi connectivity index (χ1n) is 7.60. The van der Waals surface area contributed by atoms with Gasteiger partial charge in [-0.05, 0) is 49.1 Å². The number of carbonyl (C=O) groups is 1. The van der Waals surface area contributed by atoms with Crippen molar-refractivity contribution in [3.05, 3.63) is 52.2 Å². The molecule has 0 aliphatic heterocycles. The molecule has 0 atom stereocenters. The minimum Gasteiger partial charge on any atom is -0.490 e. The van der Waals surface area contributed by atoms with Gasteiger partial charge < -0.3 is 14.8 Å². The maximum Gasteiger partial charge on any atom is 0.244 e. The van der Waals surface area contributed by atoms with Gasteiger partial charge in [-0.1, -0.05) is 12.1 Å². The van der Waals surface area contributed by atoms with Crippen molar-refractivity contribution >= 4 is 23.3 Å². The van der Waals surface area contributed by atoms with Crippen LogP contribution in [-0.4, -0.2) is 19.1 Å². The van der Waals surface area contributed by atoms with Crippen LogP contribution in [0.3, 0.4) is 0 Å². The lowest BCUT2D eigenvalue weighted by atomic mass is 10.2. The van der Waals surface area contributed by atoms with Crippen LogP contribution >= 0.6 is 11.3 Å². The molecule has 1 amide bonds. The lowest BCUT2D eigenvalue weighted by molar-refractivity contribution is -0.116. The standard InChI is InChI=1S/C18H21NO3S/c1-3-21-16-9-7-14(12-17(16)22-4-2)8-10-18(20)19-13-15-6-5-11-23-15/h5-12H,3-4,13H2,1-2H3,(H,19,20)/b10-8+. The quantitative estimate of drug-likeness (QED) is 0.747. The van der Waals surface area contributed by atoms with Gasteiger partial charge in [-0.25, -0.2) is 0 Å². The Hall–Kier alpha value is -2.27. The van der Waals surface area contributed by atoms with Crippen LogP contribution in [0.15, 0.2) is 41.8 Å². The summed E-state index contributed by atoms with van der Waals surface area (Å²) in [6.45, 7) is 5.56. The molecule has 0 radical (unpaired) electrons. The number of carbonyl (C=O) groups excluding carboxylic acids is 1. The van der Waals surface area contributed by atoms with Gasteiger partial charge in [0.15, 0.2) is 11.5 Å². The third-order valence-electron chi connectivity index (χ3n) is 3.01. The first-order valence-corrected chi connectivity index (χ1v) is 8.48. The Morgan fingerprint density at radius 3 is 2.65 bits per heavy atom. The summed E-state index contributed by atoms with van der Waals surface area (Å²) in [4.78, 5) is 13.0. The molecule has 5 heteroatoms. The number of hydrogen-bond donors (Lipinski definition) is 1. The van der Waals surface area contributed by atoms with Crippen LogP contribution in [0.2, 0.25) is 0 Å². The molecule has 0 fully saturated rings. The molecule has 0 bridgehead atoms. The monoisotopic (exact) mass is 331 g/mol. The number of benzene rings is 1. The van der Waals surface area contributed by atoms with Gasteiger partial charge in [0.25, 0.3) is 0 Å². The van der Waals surface area contributed by atoms with E-state index >= 15 is 0 Å². The molecule has 0 aliphatic carbocycles. The molecule has 2 rings (SSSR count). The minimum atomic E-state index is -0.120. The van der Waals surface area contributed by atoms with Crippen molar-refractivity contribution in [2.24, 2.45) is 0 Å². The van der Waals surface area contributed by atoms with E-state index in [-0.39, 0.29) is 5.91 Å². The van der Waals surface area contributed by atoms with Gasteiger partial charge >= 0.3 is 0 Å². The van der Waals surface area contributed by atoms with Gasteiger partial charge in [0.05, 0.1) is 19.8 Å². The van der Waals surface area contributed by atoms with Crippen molar-refractivity contribution in [1.82, 2.24) is 5.32 Å². The summed E-state index contributed by atoms with van der Waals surface area (Å²) < 4.78 is 11.1. The molecule has 2 aromatic rings. The molecule has 1 aromatic heterocycles. The fourth-order valence-corrected chi connectivity index (χ4v) is 2.63. The largest absolute Gasteiger partial charge is 0.490 e. The SMILES string of the molecule is CCOc1ccc(/C=C/C(=O)NCc2cccs2)cc1OCC. The summed E-state index contributed by atoms with van der Waals surface area (Å²) in [6, 6.07) is 9.60. The highest BCUT2D eigenvalue weighted by molar-refractivity contribution is 7.09. The van der Waals surface area contributed by atoms with Crippen molar-refractivity contribution in [1.29, 1.82) is 0 Å². The molecule has 4 nitrogen and oxygen atoms in total. The van der Waals surface area contributed by atoms with E-state index in [0.29, 0.717) is 31.3 Å². The van der Waals surface area contributed by atoms with E-state index in [4.69, 9.17) is 9.47 Å². The Kier molecular flexibility index (Phi) is 6.69. The molecule has 0 saturated carbocycles. The van der Waals surface area contributed by atoms with Gasteiger partial charge in [0.1, 0.15) is 0 Å². The minimum absolute atomic E-state index is 0.120. The smallest absolute Gasteiger partial charge is 0.244 e. The molecular formula is C18H21NO3S. The van der Waals surface area contributed by atoms with Gasteiger partial charge in [0, 0.05) is 11.0 Å². The zero-order valence-corrected chi connectivity index (χ0v) is 14.2. The molecule has 1 aromatic carbocycles. The lowest BCUT2D eigenvalue weighted by Crippen LogP contribution is -2.19. The molecule has 0 aliphatic rings. The van der Waals surface area contributed by atoms with Crippen molar-refractivity contribution in [2.75, 3.05) is 13.2 Å². The molecule has 1 heterocycles. The molecular weight excluding hydrogens is 310 g/mol. The van der Waals surface area contributed by atoms with Gasteiger partial charge in [-0.15, -0.1) is 11.3 Å². The fraction of sp³-hybridized carbons (Fsp3) is 0.278. The first kappa shape index (κ1) is 17.1. The average molecular weight is 331 g/mol. The Morgan fingerprint density at radius 2 is 1.96 bits per heavy atom. The maximum atomic E-state index is 11.8. The van der Waals surface area contributed by atoms with E-state index in [0.717, 1.165) is 10.4 Å². The van der Waals surface area contributed by atoms with Crippen LogP contribution in [0.5, 0.6) is 11.5 Å².